The van der Waals surface area contributed by atoms with Crippen LogP contribution in [0, 0.1) is 10.1 Å². The number of nitrogens with zero attached hydrogens (tertiary/aromatic N) is 2. The van der Waals surface area contributed by atoms with Gasteiger partial charge in [0.15, 0.2) is 5.11 Å². The van der Waals surface area contributed by atoms with Gasteiger partial charge in [0, 0.05) is 0 Å². The molecule has 0 bridgehead atoms. The molecule has 0 atom stereocenters. The van der Waals surface area contributed by atoms with E-state index in [1.54, 1.807) is 30.3 Å². The molecule has 1 aromatic carbocycles. The zero-order valence-corrected chi connectivity index (χ0v) is 12.8. The van der Waals surface area contributed by atoms with Crippen LogP contribution in [0.5, 0.6) is 0 Å². The van der Waals surface area contributed by atoms with Crippen LogP contribution in [0.15, 0.2) is 52.5 Å². The Morgan fingerprint density at radius 2 is 1.88 bits per heavy atom. The number of thiocarbonyl (C=S) groups is 1. The van der Waals surface area contributed by atoms with E-state index in [1.165, 1.54) is 11.0 Å². The lowest BCUT2D eigenvalue weighted by Gasteiger charge is -2.28. The van der Waals surface area contributed by atoms with E-state index in [4.69, 9.17) is 16.6 Å². The predicted molar refractivity (Wildman–Crippen MR) is 88.0 cm³/mol. The summed E-state index contributed by atoms with van der Waals surface area (Å²) in [5.74, 6) is -1.81. The third-order valence-corrected chi connectivity index (χ3v) is 3.48. The second-order valence-electron chi connectivity index (χ2n) is 4.73. The van der Waals surface area contributed by atoms with Crippen molar-refractivity contribution in [2.45, 2.75) is 0 Å². The Kier molecular flexibility index (Phi) is 3.92. The molecule has 0 saturated carbocycles. The molecule has 0 unspecified atom stereocenters. The van der Waals surface area contributed by atoms with Gasteiger partial charge in [-0.3, -0.25) is 29.9 Å². The Labute approximate surface area is 140 Å². The third kappa shape index (κ3) is 2.79. The molecule has 1 N–H and O–H groups in total. The monoisotopic (exact) mass is 343 g/mol. The Bertz CT molecular complexity index is 888. The van der Waals surface area contributed by atoms with E-state index in [2.05, 4.69) is 5.32 Å². The van der Waals surface area contributed by atoms with Gasteiger partial charge in [-0.25, -0.2) is 0 Å². The maximum atomic E-state index is 12.6. The molecule has 1 fully saturated rings. The van der Waals surface area contributed by atoms with Crippen molar-refractivity contribution in [3.63, 3.8) is 0 Å². The lowest BCUT2D eigenvalue weighted by atomic mass is 10.1. The molecule has 1 aliphatic heterocycles. The Morgan fingerprint density at radius 3 is 2.50 bits per heavy atom. The van der Waals surface area contributed by atoms with Crippen molar-refractivity contribution in [3.8, 4) is 0 Å². The first-order valence-corrected chi connectivity index (χ1v) is 7.09. The number of carbonyl (C=O) groups is 2. The molecular weight excluding hydrogens is 334 g/mol. The van der Waals surface area contributed by atoms with Gasteiger partial charge in [-0.05, 0) is 36.5 Å². The van der Waals surface area contributed by atoms with Crippen LogP contribution in [0.3, 0.4) is 0 Å². The normalized spacial score (nSPS) is 16.4. The van der Waals surface area contributed by atoms with Crippen LogP contribution in [0.4, 0.5) is 11.6 Å². The van der Waals surface area contributed by atoms with Crippen LogP contribution < -0.4 is 10.2 Å². The zero-order valence-electron chi connectivity index (χ0n) is 12.0. The van der Waals surface area contributed by atoms with E-state index in [1.807, 2.05) is 0 Å². The molecule has 1 aliphatic rings. The number of benzene rings is 1. The highest BCUT2D eigenvalue weighted by Crippen LogP contribution is 2.23. The first-order valence-electron chi connectivity index (χ1n) is 6.68. The van der Waals surface area contributed by atoms with Crippen molar-refractivity contribution >= 4 is 46.8 Å². The van der Waals surface area contributed by atoms with E-state index in [9.17, 15) is 19.7 Å². The van der Waals surface area contributed by atoms with Gasteiger partial charge in [0.2, 0.25) is 0 Å². The number of rotatable bonds is 3. The fourth-order valence-corrected chi connectivity index (χ4v) is 2.41. The van der Waals surface area contributed by atoms with Crippen molar-refractivity contribution in [1.29, 1.82) is 0 Å². The van der Waals surface area contributed by atoms with Crippen LogP contribution in [0.1, 0.15) is 5.76 Å². The molecule has 0 radical (unpaired) electrons. The van der Waals surface area contributed by atoms with E-state index in [-0.39, 0.29) is 16.4 Å². The van der Waals surface area contributed by atoms with E-state index in [0.717, 1.165) is 12.1 Å². The van der Waals surface area contributed by atoms with Crippen molar-refractivity contribution in [3.05, 3.63) is 63.9 Å². The highest BCUT2D eigenvalue weighted by atomic mass is 32.1. The number of carbonyl (C=O) groups excluding carboxylic acids is 2. The van der Waals surface area contributed by atoms with Gasteiger partial charge in [-0.15, -0.1) is 0 Å². The van der Waals surface area contributed by atoms with Gasteiger partial charge in [-0.1, -0.05) is 18.2 Å². The highest BCUT2D eigenvalue weighted by Gasteiger charge is 2.34. The summed E-state index contributed by atoms with van der Waals surface area (Å²) in [4.78, 5) is 35.8. The molecule has 9 heteroatoms. The molecule has 8 nitrogen and oxygen atoms in total. The molecule has 1 aromatic heterocycles. The predicted octanol–water partition coefficient (Wildman–Crippen LogP) is 2.02. The largest absolute Gasteiger partial charge is 0.433 e. The minimum Gasteiger partial charge on any atom is -0.401 e. The number of nitrogens with one attached hydrogen (secondary N) is 1. The molecule has 0 spiro atoms. The summed E-state index contributed by atoms with van der Waals surface area (Å²) in [5.41, 5.74) is 0.250. The zero-order chi connectivity index (χ0) is 17.3. The van der Waals surface area contributed by atoms with Crippen molar-refractivity contribution in [2.24, 2.45) is 0 Å². The SMILES string of the molecule is O=C1NC(=S)N(c2ccccc2)C(=O)/C1=C\c1ccc([N+](=O)[O-])o1. The van der Waals surface area contributed by atoms with Crippen LogP contribution >= 0.6 is 12.2 Å². The van der Waals surface area contributed by atoms with Gasteiger partial charge in [0.1, 0.15) is 16.3 Å². The fraction of sp³-hybridized carbons (Fsp3) is 0. The average molecular weight is 343 g/mol. The lowest BCUT2D eigenvalue weighted by Crippen LogP contribution is -2.54. The van der Waals surface area contributed by atoms with Gasteiger partial charge in [0.05, 0.1) is 11.8 Å². The maximum Gasteiger partial charge on any atom is 0.433 e. The average Bonchev–Trinajstić information content (AvgIpc) is 3.01. The summed E-state index contributed by atoms with van der Waals surface area (Å²) < 4.78 is 4.95. The minimum atomic E-state index is -0.712. The summed E-state index contributed by atoms with van der Waals surface area (Å²) in [6, 6.07) is 11.0. The number of nitro groups is 1. The maximum absolute atomic E-state index is 12.6. The molecule has 24 heavy (non-hydrogen) atoms. The van der Waals surface area contributed by atoms with Gasteiger partial charge in [-0.2, -0.15) is 0 Å². The first-order chi connectivity index (χ1) is 11.5. The molecule has 3 rings (SSSR count). The molecule has 2 amide bonds. The summed E-state index contributed by atoms with van der Waals surface area (Å²) in [7, 11) is 0. The topological polar surface area (TPSA) is 106 Å². The number of amides is 2. The minimum absolute atomic E-state index is 0.0148. The van der Waals surface area contributed by atoms with Crippen LogP contribution in [-0.2, 0) is 9.59 Å². The van der Waals surface area contributed by atoms with E-state index < -0.39 is 22.6 Å². The fourth-order valence-electron chi connectivity index (χ4n) is 2.13. The first kappa shape index (κ1) is 15.6. The Morgan fingerprint density at radius 1 is 1.17 bits per heavy atom. The molecule has 120 valence electrons. The number of hydrogen-bond acceptors (Lipinski definition) is 6. The van der Waals surface area contributed by atoms with Gasteiger partial charge < -0.3 is 4.42 Å². The third-order valence-electron chi connectivity index (χ3n) is 3.20. The van der Waals surface area contributed by atoms with Gasteiger partial charge >= 0.3 is 5.88 Å². The Balaban J connectivity index is 1.99. The molecular formula is C15H9N3O5S. The summed E-state index contributed by atoms with van der Waals surface area (Å²) in [6.45, 7) is 0. The van der Waals surface area contributed by atoms with Crippen molar-refractivity contribution in [1.82, 2.24) is 5.32 Å². The Hall–Kier alpha value is -3.33. The lowest BCUT2D eigenvalue weighted by molar-refractivity contribution is -0.402. The standard InChI is InChI=1S/C15H9N3O5S/c19-13-11(8-10-6-7-12(23-10)18(21)22)14(20)17(15(24)16-13)9-4-2-1-3-5-9/h1-8H,(H,16,19,24)/b11-8-. The van der Waals surface area contributed by atoms with Crippen LogP contribution in [0.2, 0.25) is 0 Å². The quantitative estimate of drug-likeness (QED) is 0.300. The number of para-hydroxylation sites is 1. The highest BCUT2D eigenvalue weighted by molar-refractivity contribution is 7.80. The number of anilines is 1. The second kappa shape index (κ2) is 6.05. The molecule has 0 aliphatic carbocycles. The smallest absolute Gasteiger partial charge is 0.401 e. The van der Waals surface area contributed by atoms with Crippen molar-refractivity contribution < 1.29 is 18.9 Å². The number of hydrogen-bond donors (Lipinski definition) is 1. The van der Waals surface area contributed by atoms with Gasteiger partial charge in [0.25, 0.3) is 11.8 Å². The molecule has 1 saturated heterocycles. The molecule has 2 heterocycles. The van der Waals surface area contributed by atoms with E-state index in [0.29, 0.717) is 5.69 Å². The number of furan rings is 1. The summed E-state index contributed by atoms with van der Waals surface area (Å²) >= 11 is 5.05. The summed E-state index contributed by atoms with van der Waals surface area (Å²) in [6.07, 6.45) is 1.14. The van der Waals surface area contributed by atoms with Crippen LogP contribution in [0.25, 0.3) is 6.08 Å². The second-order valence-corrected chi connectivity index (χ2v) is 5.11. The van der Waals surface area contributed by atoms with Crippen LogP contribution in [-0.4, -0.2) is 21.9 Å². The van der Waals surface area contributed by atoms with Crippen molar-refractivity contribution in [2.75, 3.05) is 4.90 Å². The van der Waals surface area contributed by atoms with E-state index >= 15 is 0 Å². The molecule has 2 aromatic rings. The summed E-state index contributed by atoms with van der Waals surface area (Å²) in [5, 5.41) is 13.0.